The number of hydrogen-bond donors (Lipinski definition) is 1. The van der Waals surface area contributed by atoms with E-state index in [4.69, 9.17) is 9.47 Å². The molecule has 0 heterocycles. The second-order valence-electron chi connectivity index (χ2n) is 5.41. The van der Waals surface area contributed by atoms with Crippen molar-refractivity contribution in [3.8, 4) is 11.5 Å². The molecule has 2 aromatic rings. The van der Waals surface area contributed by atoms with E-state index in [0.717, 1.165) is 5.56 Å². The first kappa shape index (κ1) is 17.5. The molecular weight excluding hydrogens is 306 g/mol. The average molecular weight is 327 g/mol. The third-order valence-corrected chi connectivity index (χ3v) is 3.60. The molecule has 0 radical (unpaired) electrons. The summed E-state index contributed by atoms with van der Waals surface area (Å²) in [5.74, 6) is 0.887. The number of aryl methyl sites for hydroxylation is 1. The minimum atomic E-state index is -0.227. The number of nitrogens with one attached hydrogen (secondary N) is 1. The zero-order chi connectivity index (χ0) is 17.5. The molecule has 5 nitrogen and oxygen atoms in total. The lowest BCUT2D eigenvalue weighted by molar-refractivity contribution is -0.116. The van der Waals surface area contributed by atoms with Crippen LogP contribution >= 0.6 is 0 Å². The Morgan fingerprint density at radius 2 is 1.79 bits per heavy atom. The first-order valence-corrected chi connectivity index (χ1v) is 7.65. The van der Waals surface area contributed by atoms with Crippen molar-refractivity contribution in [2.45, 2.75) is 19.8 Å². The Balaban J connectivity index is 1.95. The van der Waals surface area contributed by atoms with E-state index >= 15 is 0 Å². The number of carbonyl (C=O) groups excluding carboxylic acids is 2. The number of benzene rings is 2. The van der Waals surface area contributed by atoms with Crippen LogP contribution in [0.4, 0.5) is 5.69 Å². The van der Waals surface area contributed by atoms with E-state index in [0.29, 0.717) is 22.7 Å². The highest BCUT2D eigenvalue weighted by Gasteiger charge is 2.12. The Bertz CT molecular complexity index is 740. The molecule has 126 valence electrons. The summed E-state index contributed by atoms with van der Waals surface area (Å²) in [7, 11) is 3.10. The van der Waals surface area contributed by atoms with Crippen molar-refractivity contribution < 1.29 is 19.1 Å². The predicted molar refractivity (Wildman–Crippen MR) is 92.9 cm³/mol. The Morgan fingerprint density at radius 1 is 1.00 bits per heavy atom. The molecule has 2 aromatic carbocycles. The number of Topliss-reactive ketones (excluding diaryl/α,β-unsaturated/α-hetero) is 1. The summed E-state index contributed by atoms with van der Waals surface area (Å²) < 4.78 is 10.3. The second kappa shape index (κ2) is 8.15. The standard InChI is InChI=1S/C19H21NO4/c1-13-7-9-18(24-3)16(11-13)20-19(22)10-8-17(21)14-5-4-6-15(12-14)23-2/h4-7,9,11-12H,8,10H2,1-3H3,(H,20,22). The molecule has 0 saturated carbocycles. The van der Waals surface area contributed by atoms with E-state index in [1.54, 1.807) is 44.6 Å². The molecular formula is C19H21NO4. The SMILES string of the molecule is COc1cccc(C(=O)CCC(=O)Nc2cc(C)ccc2OC)c1. The van der Waals surface area contributed by atoms with E-state index in [2.05, 4.69) is 5.32 Å². The number of anilines is 1. The van der Waals surface area contributed by atoms with Crippen molar-refractivity contribution in [2.24, 2.45) is 0 Å². The van der Waals surface area contributed by atoms with Crippen LogP contribution in [0.3, 0.4) is 0 Å². The second-order valence-corrected chi connectivity index (χ2v) is 5.41. The first-order chi connectivity index (χ1) is 11.5. The van der Waals surface area contributed by atoms with E-state index < -0.39 is 0 Å². The van der Waals surface area contributed by atoms with Crippen LogP contribution in [0.2, 0.25) is 0 Å². The lowest BCUT2D eigenvalue weighted by Gasteiger charge is -2.11. The molecule has 1 amide bonds. The van der Waals surface area contributed by atoms with Gasteiger partial charge in [-0.3, -0.25) is 9.59 Å². The summed E-state index contributed by atoms with van der Waals surface area (Å²) in [4.78, 5) is 24.3. The largest absolute Gasteiger partial charge is 0.497 e. The first-order valence-electron chi connectivity index (χ1n) is 7.65. The number of amides is 1. The fourth-order valence-corrected chi connectivity index (χ4v) is 2.30. The summed E-state index contributed by atoms with van der Waals surface area (Å²) in [6.07, 6.45) is 0.236. The van der Waals surface area contributed by atoms with Crippen molar-refractivity contribution >= 4 is 17.4 Å². The van der Waals surface area contributed by atoms with E-state index in [1.807, 2.05) is 19.1 Å². The van der Waals surface area contributed by atoms with Crippen molar-refractivity contribution in [1.82, 2.24) is 0 Å². The normalized spacial score (nSPS) is 10.1. The zero-order valence-electron chi connectivity index (χ0n) is 14.1. The summed E-state index contributed by atoms with van der Waals surface area (Å²) in [5, 5.41) is 2.79. The number of rotatable bonds is 7. The van der Waals surface area contributed by atoms with Gasteiger partial charge in [0, 0.05) is 18.4 Å². The predicted octanol–water partition coefficient (Wildman–Crippen LogP) is 3.61. The van der Waals surface area contributed by atoms with Gasteiger partial charge in [0.2, 0.25) is 5.91 Å². The van der Waals surface area contributed by atoms with Crippen molar-refractivity contribution in [1.29, 1.82) is 0 Å². The molecule has 0 aromatic heterocycles. The number of hydrogen-bond acceptors (Lipinski definition) is 4. The minimum absolute atomic E-state index is 0.0970. The van der Waals surface area contributed by atoms with Crippen molar-refractivity contribution in [3.63, 3.8) is 0 Å². The average Bonchev–Trinajstić information content (AvgIpc) is 2.60. The van der Waals surface area contributed by atoms with Crippen molar-refractivity contribution in [3.05, 3.63) is 53.6 Å². The molecule has 24 heavy (non-hydrogen) atoms. The van der Waals surface area contributed by atoms with E-state index in [9.17, 15) is 9.59 Å². The summed E-state index contributed by atoms with van der Waals surface area (Å²) >= 11 is 0. The Kier molecular flexibility index (Phi) is 5.95. The number of carbonyl (C=O) groups is 2. The van der Waals surface area contributed by atoms with E-state index in [1.165, 1.54) is 0 Å². The molecule has 0 bridgehead atoms. The fraction of sp³-hybridized carbons (Fsp3) is 0.263. The van der Waals surface area contributed by atoms with Gasteiger partial charge >= 0.3 is 0 Å². The Labute approximate surface area is 141 Å². The Morgan fingerprint density at radius 3 is 2.50 bits per heavy atom. The smallest absolute Gasteiger partial charge is 0.224 e. The van der Waals surface area contributed by atoms with Crippen LogP contribution < -0.4 is 14.8 Å². The van der Waals surface area contributed by atoms with Gasteiger partial charge in [0.05, 0.1) is 19.9 Å². The molecule has 0 aliphatic carbocycles. The zero-order valence-corrected chi connectivity index (χ0v) is 14.1. The van der Waals surface area contributed by atoms with Crippen LogP contribution in [0, 0.1) is 6.92 Å². The topological polar surface area (TPSA) is 64.6 Å². The third kappa shape index (κ3) is 4.59. The van der Waals surface area contributed by atoms with Crippen LogP contribution in [0.25, 0.3) is 0 Å². The van der Waals surface area contributed by atoms with E-state index in [-0.39, 0.29) is 24.5 Å². The molecule has 2 rings (SSSR count). The lowest BCUT2D eigenvalue weighted by Crippen LogP contribution is -2.14. The van der Waals surface area contributed by atoms with Crippen LogP contribution in [0.15, 0.2) is 42.5 Å². The van der Waals surface area contributed by atoms with Crippen LogP contribution in [0.5, 0.6) is 11.5 Å². The van der Waals surface area contributed by atoms with Gasteiger partial charge in [-0.1, -0.05) is 18.2 Å². The highest BCUT2D eigenvalue weighted by Crippen LogP contribution is 2.25. The van der Waals surface area contributed by atoms with Gasteiger partial charge in [0.25, 0.3) is 0 Å². The number of ether oxygens (including phenoxy) is 2. The molecule has 0 atom stereocenters. The molecule has 0 aliphatic rings. The highest BCUT2D eigenvalue weighted by molar-refractivity contribution is 6.00. The third-order valence-electron chi connectivity index (χ3n) is 3.60. The van der Waals surface area contributed by atoms with Crippen molar-refractivity contribution in [2.75, 3.05) is 19.5 Å². The fourth-order valence-electron chi connectivity index (χ4n) is 2.30. The number of ketones is 1. The maximum absolute atomic E-state index is 12.2. The van der Waals surface area contributed by atoms with Crippen LogP contribution in [-0.2, 0) is 4.79 Å². The quantitative estimate of drug-likeness (QED) is 0.789. The lowest BCUT2D eigenvalue weighted by atomic mass is 10.1. The van der Waals surface area contributed by atoms with Gasteiger partial charge in [-0.25, -0.2) is 0 Å². The van der Waals surface area contributed by atoms with Gasteiger partial charge in [-0.05, 0) is 36.8 Å². The highest BCUT2D eigenvalue weighted by atomic mass is 16.5. The molecule has 5 heteroatoms. The molecule has 1 N–H and O–H groups in total. The minimum Gasteiger partial charge on any atom is -0.497 e. The maximum Gasteiger partial charge on any atom is 0.224 e. The van der Waals surface area contributed by atoms with Gasteiger partial charge in [0.15, 0.2) is 5.78 Å². The molecule has 0 spiro atoms. The van der Waals surface area contributed by atoms with Gasteiger partial charge < -0.3 is 14.8 Å². The summed E-state index contributed by atoms with van der Waals surface area (Å²) in [6, 6.07) is 12.4. The van der Waals surface area contributed by atoms with Crippen LogP contribution in [-0.4, -0.2) is 25.9 Å². The molecule has 0 unspecified atom stereocenters. The Hall–Kier alpha value is -2.82. The maximum atomic E-state index is 12.2. The molecule has 0 saturated heterocycles. The summed E-state index contributed by atoms with van der Waals surface area (Å²) in [5.41, 5.74) is 2.16. The molecule has 0 aliphatic heterocycles. The van der Waals surface area contributed by atoms with Gasteiger partial charge in [0.1, 0.15) is 11.5 Å². The summed E-state index contributed by atoms with van der Waals surface area (Å²) in [6.45, 7) is 1.93. The monoisotopic (exact) mass is 327 g/mol. The van der Waals surface area contributed by atoms with Gasteiger partial charge in [-0.2, -0.15) is 0 Å². The number of methoxy groups -OCH3 is 2. The van der Waals surface area contributed by atoms with Crippen LogP contribution in [0.1, 0.15) is 28.8 Å². The van der Waals surface area contributed by atoms with Gasteiger partial charge in [-0.15, -0.1) is 0 Å². The molecule has 0 fully saturated rings.